The summed E-state index contributed by atoms with van der Waals surface area (Å²) in [4.78, 5) is 12.9. The molecule has 0 radical (unpaired) electrons. The lowest BCUT2D eigenvalue weighted by Crippen LogP contribution is -2.37. The van der Waals surface area contributed by atoms with E-state index < -0.39 is 10.0 Å². The summed E-state index contributed by atoms with van der Waals surface area (Å²) in [5.41, 5.74) is 0.333. The SMILES string of the molecule is CN(C)c1nc(N2CCOCC2)ncc1NS(=O)(=O)c1ccc2ccccc2c1. The van der Waals surface area contributed by atoms with Gasteiger partial charge in [-0.15, -0.1) is 0 Å². The maximum Gasteiger partial charge on any atom is 0.262 e. The fraction of sp³-hybridized carbons (Fsp3) is 0.300. The number of nitrogens with one attached hydrogen (secondary N) is 1. The highest BCUT2D eigenvalue weighted by Gasteiger charge is 2.21. The molecule has 152 valence electrons. The summed E-state index contributed by atoms with van der Waals surface area (Å²) in [6, 6.07) is 12.7. The summed E-state index contributed by atoms with van der Waals surface area (Å²) in [6.07, 6.45) is 1.52. The van der Waals surface area contributed by atoms with E-state index >= 15 is 0 Å². The largest absolute Gasteiger partial charge is 0.378 e. The molecule has 4 rings (SSSR count). The number of hydrogen-bond acceptors (Lipinski definition) is 7. The second-order valence-electron chi connectivity index (χ2n) is 7.02. The standard InChI is InChI=1S/C20H23N5O3S/c1-24(2)19-18(14-21-20(22-19)25-9-11-28-12-10-25)23-29(26,27)17-8-7-15-5-3-4-6-16(15)13-17/h3-8,13-14,23H,9-12H2,1-2H3. The number of aromatic nitrogens is 2. The van der Waals surface area contributed by atoms with Crippen LogP contribution in [0, 0.1) is 0 Å². The van der Waals surface area contributed by atoms with E-state index in [0.29, 0.717) is 43.8 Å². The van der Waals surface area contributed by atoms with Gasteiger partial charge in [0.15, 0.2) is 5.82 Å². The van der Waals surface area contributed by atoms with Crippen LogP contribution in [0.15, 0.2) is 53.6 Å². The van der Waals surface area contributed by atoms with Crippen LogP contribution >= 0.6 is 0 Å². The van der Waals surface area contributed by atoms with Gasteiger partial charge in [-0.3, -0.25) is 4.72 Å². The Balaban J connectivity index is 1.66. The van der Waals surface area contributed by atoms with E-state index in [-0.39, 0.29) is 4.90 Å². The maximum atomic E-state index is 13.0. The summed E-state index contributed by atoms with van der Waals surface area (Å²) in [6.45, 7) is 2.65. The Morgan fingerprint density at radius 3 is 2.52 bits per heavy atom. The lowest BCUT2D eigenvalue weighted by Gasteiger charge is -2.28. The van der Waals surface area contributed by atoms with Crippen molar-refractivity contribution in [1.29, 1.82) is 0 Å². The van der Waals surface area contributed by atoms with E-state index in [2.05, 4.69) is 14.7 Å². The van der Waals surface area contributed by atoms with Crippen molar-refractivity contribution in [3.63, 3.8) is 0 Å². The van der Waals surface area contributed by atoms with Gasteiger partial charge in [-0.25, -0.2) is 13.4 Å². The third-order valence-electron chi connectivity index (χ3n) is 4.75. The number of anilines is 3. The molecule has 0 bridgehead atoms. The van der Waals surface area contributed by atoms with Crippen LogP contribution in [0.2, 0.25) is 0 Å². The maximum absolute atomic E-state index is 13.0. The molecule has 9 heteroatoms. The smallest absolute Gasteiger partial charge is 0.262 e. The molecule has 1 fully saturated rings. The highest BCUT2D eigenvalue weighted by atomic mass is 32.2. The van der Waals surface area contributed by atoms with Gasteiger partial charge in [0.25, 0.3) is 10.0 Å². The van der Waals surface area contributed by atoms with Gasteiger partial charge in [0.05, 0.1) is 24.3 Å². The monoisotopic (exact) mass is 413 g/mol. The lowest BCUT2D eigenvalue weighted by molar-refractivity contribution is 0.122. The Kier molecular flexibility index (Phi) is 5.25. The number of morpholine rings is 1. The minimum atomic E-state index is -3.79. The number of sulfonamides is 1. The van der Waals surface area contributed by atoms with Gasteiger partial charge in [-0.1, -0.05) is 30.3 Å². The quantitative estimate of drug-likeness (QED) is 0.687. The first kappa shape index (κ1) is 19.4. The van der Waals surface area contributed by atoms with E-state index in [1.54, 1.807) is 23.1 Å². The van der Waals surface area contributed by atoms with E-state index in [9.17, 15) is 8.42 Å². The molecule has 3 aromatic rings. The number of benzene rings is 2. The average Bonchev–Trinajstić information content (AvgIpc) is 2.74. The number of hydrogen-bond donors (Lipinski definition) is 1. The fourth-order valence-corrected chi connectivity index (χ4v) is 4.31. The number of nitrogens with zero attached hydrogens (tertiary/aromatic N) is 4. The summed E-state index contributed by atoms with van der Waals surface area (Å²) < 4.78 is 34.0. The predicted octanol–water partition coefficient (Wildman–Crippen LogP) is 2.33. The van der Waals surface area contributed by atoms with Crippen LogP contribution in [0.4, 0.5) is 17.5 Å². The Morgan fingerprint density at radius 1 is 1.07 bits per heavy atom. The van der Waals surface area contributed by atoms with Gasteiger partial charge >= 0.3 is 0 Å². The molecule has 1 N–H and O–H groups in total. The van der Waals surface area contributed by atoms with Crippen molar-refractivity contribution in [2.45, 2.75) is 4.90 Å². The normalized spacial score (nSPS) is 14.8. The zero-order valence-electron chi connectivity index (χ0n) is 16.4. The van der Waals surface area contributed by atoms with Crippen molar-refractivity contribution in [2.24, 2.45) is 0 Å². The second-order valence-corrected chi connectivity index (χ2v) is 8.70. The molecule has 8 nitrogen and oxygen atoms in total. The Hall–Kier alpha value is -2.91. The zero-order valence-corrected chi connectivity index (χ0v) is 17.2. The van der Waals surface area contributed by atoms with Crippen LogP contribution in [0.25, 0.3) is 10.8 Å². The minimum absolute atomic E-state index is 0.193. The van der Waals surface area contributed by atoms with E-state index in [0.717, 1.165) is 10.8 Å². The summed E-state index contributed by atoms with van der Waals surface area (Å²) in [5.74, 6) is 1.07. The molecule has 1 aliphatic rings. The molecule has 29 heavy (non-hydrogen) atoms. The van der Waals surface area contributed by atoms with Crippen molar-refractivity contribution in [3.05, 3.63) is 48.7 Å². The molecule has 0 spiro atoms. The van der Waals surface area contributed by atoms with Gasteiger partial charge < -0.3 is 14.5 Å². The molecular weight excluding hydrogens is 390 g/mol. The van der Waals surface area contributed by atoms with Crippen molar-refractivity contribution in [2.75, 3.05) is 54.9 Å². The molecule has 0 atom stereocenters. The molecule has 0 amide bonds. The third kappa shape index (κ3) is 4.10. The third-order valence-corrected chi connectivity index (χ3v) is 6.11. The predicted molar refractivity (Wildman–Crippen MR) is 114 cm³/mol. The Labute approximate surface area is 170 Å². The lowest BCUT2D eigenvalue weighted by atomic mass is 10.1. The first-order chi connectivity index (χ1) is 13.9. The summed E-state index contributed by atoms with van der Waals surface area (Å²) >= 11 is 0. The van der Waals surface area contributed by atoms with Crippen LogP contribution in [0.3, 0.4) is 0 Å². The first-order valence-corrected chi connectivity index (χ1v) is 10.8. The minimum Gasteiger partial charge on any atom is -0.378 e. The molecular formula is C20H23N5O3S. The first-order valence-electron chi connectivity index (χ1n) is 9.33. The highest BCUT2D eigenvalue weighted by Crippen LogP contribution is 2.27. The van der Waals surface area contributed by atoms with E-state index in [4.69, 9.17) is 4.74 Å². The zero-order chi connectivity index (χ0) is 20.4. The topological polar surface area (TPSA) is 87.7 Å². The molecule has 0 aliphatic carbocycles. The van der Waals surface area contributed by atoms with Gasteiger partial charge in [0.1, 0.15) is 5.69 Å². The molecule has 2 aromatic carbocycles. The van der Waals surface area contributed by atoms with Crippen LogP contribution in [-0.2, 0) is 14.8 Å². The Morgan fingerprint density at radius 2 is 1.79 bits per heavy atom. The summed E-state index contributed by atoms with van der Waals surface area (Å²) in [5, 5.41) is 1.85. The molecule has 1 aromatic heterocycles. The second kappa shape index (κ2) is 7.84. The van der Waals surface area contributed by atoms with E-state index in [1.165, 1.54) is 6.20 Å². The number of fused-ring (bicyclic) bond motifs is 1. The van der Waals surface area contributed by atoms with Crippen molar-refractivity contribution in [3.8, 4) is 0 Å². The molecule has 0 saturated carbocycles. The molecule has 0 unspecified atom stereocenters. The van der Waals surface area contributed by atoms with Crippen LogP contribution in [0.5, 0.6) is 0 Å². The highest BCUT2D eigenvalue weighted by molar-refractivity contribution is 7.92. The van der Waals surface area contributed by atoms with Crippen molar-refractivity contribution in [1.82, 2.24) is 9.97 Å². The van der Waals surface area contributed by atoms with Crippen LogP contribution < -0.4 is 14.5 Å². The van der Waals surface area contributed by atoms with Gasteiger partial charge in [-0.2, -0.15) is 4.98 Å². The summed E-state index contributed by atoms with van der Waals surface area (Å²) in [7, 11) is -0.151. The van der Waals surface area contributed by atoms with Crippen molar-refractivity contribution < 1.29 is 13.2 Å². The Bertz CT molecular complexity index is 1130. The molecule has 1 aliphatic heterocycles. The van der Waals surface area contributed by atoms with Crippen LogP contribution in [0.1, 0.15) is 0 Å². The number of ether oxygens (including phenoxy) is 1. The molecule has 1 saturated heterocycles. The average molecular weight is 414 g/mol. The van der Waals surface area contributed by atoms with E-state index in [1.807, 2.05) is 43.3 Å². The van der Waals surface area contributed by atoms with Crippen molar-refractivity contribution >= 4 is 38.2 Å². The van der Waals surface area contributed by atoms with Gasteiger partial charge in [-0.05, 0) is 22.9 Å². The molecule has 2 heterocycles. The van der Waals surface area contributed by atoms with Gasteiger partial charge in [0, 0.05) is 27.2 Å². The van der Waals surface area contributed by atoms with Gasteiger partial charge in [0.2, 0.25) is 5.95 Å². The van der Waals surface area contributed by atoms with Crippen LogP contribution in [-0.4, -0.2) is 58.8 Å². The number of rotatable bonds is 5. The fourth-order valence-electron chi connectivity index (χ4n) is 3.23.